The van der Waals surface area contributed by atoms with Crippen LogP contribution >= 0.6 is 11.6 Å². The molecule has 0 aliphatic heterocycles. The standard InChI is InChI=1S/C17H15ClF3NO2/c1-24-15(12-7-3-5-9-14(12)18)10-22-16(23)11-6-2-4-8-13(11)17(19,20)21/h2-9,15H,10H2,1H3,(H,22,23). The Morgan fingerprint density at radius 2 is 1.79 bits per heavy atom. The monoisotopic (exact) mass is 357 g/mol. The molecular weight excluding hydrogens is 343 g/mol. The summed E-state index contributed by atoms with van der Waals surface area (Å²) in [7, 11) is 1.43. The maximum absolute atomic E-state index is 13.0. The zero-order chi connectivity index (χ0) is 17.7. The van der Waals surface area contributed by atoms with Gasteiger partial charge in [0.2, 0.25) is 0 Å². The van der Waals surface area contributed by atoms with Gasteiger partial charge in [-0.1, -0.05) is 41.9 Å². The van der Waals surface area contributed by atoms with Gasteiger partial charge in [0, 0.05) is 24.2 Å². The number of methoxy groups -OCH3 is 1. The molecule has 0 spiro atoms. The minimum Gasteiger partial charge on any atom is -0.375 e. The highest BCUT2D eigenvalue weighted by Gasteiger charge is 2.34. The van der Waals surface area contributed by atoms with E-state index in [1.807, 2.05) is 0 Å². The summed E-state index contributed by atoms with van der Waals surface area (Å²) in [5.41, 5.74) is -0.765. The summed E-state index contributed by atoms with van der Waals surface area (Å²) in [6.45, 7) is -0.00867. The maximum Gasteiger partial charge on any atom is 0.417 e. The second kappa shape index (κ2) is 7.68. The van der Waals surface area contributed by atoms with Crippen LogP contribution in [0.25, 0.3) is 0 Å². The summed E-state index contributed by atoms with van der Waals surface area (Å²) in [6, 6.07) is 11.5. The molecule has 0 aliphatic rings. The first-order valence-corrected chi connectivity index (χ1v) is 7.44. The zero-order valence-corrected chi connectivity index (χ0v) is 13.5. The number of ether oxygens (including phenoxy) is 1. The number of carbonyl (C=O) groups is 1. The summed E-state index contributed by atoms with van der Waals surface area (Å²) < 4.78 is 44.2. The number of carbonyl (C=O) groups excluding carboxylic acids is 1. The van der Waals surface area contributed by atoms with E-state index < -0.39 is 29.3 Å². The minimum atomic E-state index is -4.60. The molecule has 0 saturated carbocycles. The van der Waals surface area contributed by atoms with Gasteiger partial charge in [-0.3, -0.25) is 4.79 Å². The highest BCUT2D eigenvalue weighted by Crippen LogP contribution is 2.32. The van der Waals surface area contributed by atoms with E-state index in [0.717, 1.165) is 12.1 Å². The summed E-state index contributed by atoms with van der Waals surface area (Å²) in [5.74, 6) is -0.822. The molecule has 2 rings (SSSR count). The Hall–Kier alpha value is -2.05. The van der Waals surface area contributed by atoms with Crippen molar-refractivity contribution in [2.75, 3.05) is 13.7 Å². The molecule has 7 heteroatoms. The number of amides is 1. The largest absolute Gasteiger partial charge is 0.417 e. The van der Waals surface area contributed by atoms with Crippen molar-refractivity contribution in [3.8, 4) is 0 Å². The average molecular weight is 358 g/mol. The van der Waals surface area contributed by atoms with Crippen LogP contribution in [-0.2, 0) is 10.9 Å². The van der Waals surface area contributed by atoms with Crippen molar-refractivity contribution >= 4 is 17.5 Å². The van der Waals surface area contributed by atoms with Crippen LogP contribution in [0.15, 0.2) is 48.5 Å². The van der Waals surface area contributed by atoms with Gasteiger partial charge in [-0.05, 0) is 18.2 Å². The smallest absolute Gasteiger partial charge is 0.375 e. The lowest BCUT2D eigenvalue weighted by atomic mass is 10.1. The second-order valence-corrected chi connectivity index (χ2v) is 5.41. The van der Waals surface area contributed by atoms with Gasteiger partial charge < -0.3 is 10.1 Å². The van der Waals surface area contributed by atoms with Gasteiger partial charge >= 0.3 is 6.18 Å². The Bertz CT molecular complexity index is 719. The fourth-order valence-corrected chi connectivity index (χ4v) is 2.52. The van der Waals surface area contributed by atoms with Crippen molar-refractivity contribution in [2.24, 2.45) is 0 Å². The predicted octanol–water partition coefficient (Wildman–Crippen LogP) is 4.48. The Balaban J connectivity index is 2.15. The Morgan fingerprint density at radius 3 is 2.42 bits per heavy atom. The molecule has 0 bridgehead atoms. The molecule has 1 unspecified atom stereocenters. The summed E-state index contributed by atoms with van der Waals surface area (Å²) in [6.07, 6.45) is -5.17. The third-order valence-corrected chi connectivity index (χ3v) is 3.81. The molecule has 0 saturated heterocycles. The Kier molecular flexibility index (Phi) is 5.85. The number of rotatable bonds is 5. The molecule has 1 atom stereocenters. The number of benzene rings is 2. The van der Waals surface area contributed by atoms with E-state index >= 15 is 0 Å². The molecule has 2 aromatic carbocycles. The zero-order valence-electron chi connectivity index (χ0n) is 12.7. The molecule has 3 nitrogen and oxygen atoms in total. The molecule has 0 heterocycles. The van der Waals surface area contributed by atoms with Crippen molar-refractivity contribution in [1.82, 2.24) is 5.32 Å². The molecular formula is C17H15ClF3NO2. The van der Waals surface area contributed by atoms with Crippen molar-refractivity contribution in [3.05, 3.63) is 70.2 Å². The predicted molar refractivity (Wildman–Crippen MR) is 85.0 cm³/mol. The fourth-order valence-electron chi connectivity index (χ4n) is 2.27. The van der Waals surface area contributed by atoms with Crippen molar-refractivity contribution in [3.63, 3.8) is 0 Å². The molecule has 0 aromatic heterocycles. The first kappa shape index (κ1) is 18.3. The fraction of sp³-hybridized carbons (Fsp3) is 0.235. The molecule has 24 heavy (non-hydrogen) atoms. The van der Waals surface area contributed by atoms with E-state index in [0.29, 0.717) is 10.6 Å². The highest BCUT2D eigenvalue weighted by molar-refractivity contribution is 6.31. The average Bonchev–Trinajstić information content (AvgIpc) is 2.56. The van der Waals surface area contributed by atoms with Crippen LogP contribution in [-0.4, -0.2) is 19.6 Å². The molecule has 128 valence electrons. The van der Waals surface area contributed by atoms with Crippen LogP contribution in [0.1, 0.15) is 27.6 Å². The van der Waals surface area contributed by atoms with Crippen molar-refractivity contribution in [1.29, 1.82) is 0 Å². The van der Waals surface area contributed by atoms with Gasteiger partial charge in [-0.25, -0.2) is 0 Å². The number of hydrogen-bond acceptors (Lipinski definition) is 2. The van der Waals surface area contributed by atoms with Crippen LogP contribution in [0.5, 0.6) is 0 Å². The lowest BCUT2D eigenvalue weighted by Crippen LogP contribution is -2.30. The van der Waals surface area contributed by atoms with Gasteiger partial charge in [0.25, 0.3) is 5.91 Å². The first-order chi connectivity index (χ1) is 11.3. The van der Waals surface area contributed by atoms with E-state index in [4.69, 9.17) is 16.3 Å². The molecule has 0 aliphatic carbocycles. The number of nitrogens with one attached hydrogen (secondary N) is 1. The third kappa shape index (κ3) is 4.27. The van der Waals surface area contributed by atoms with Crippen LogP contribution in [0.2, 0.25) is 5.02 Å². The SMILES string of the molecule is COC(CNC(=O)c1ccccc1C(F)(F)F)c1ccccc1Cl. The third-order valence-electron chi connectivity index (χ3n) is 3.46. The van der Waals surface area contributed by atoms with Crippen molar-refractivity contribution < 1.29 is 22.7 Å². The summed E-state index contributed by atoms with van der Waals surface area (Å²) >= 11 is 6.07. The van der Waals surface area contributed by atoms with Gasteiger partial charge in [0.15, 0.2) is 0 Å². The van der Waals surface area contributed by atoms with E-state index in [-0.39, 0.29) is 6.54 Å². The van der Waals surface area contributed by atoms with Gasteiger partial charge in [-0.2, -0.15) is 13.2 Å². The van der Waals surface area contributed by atoms with E-state index in [1.54, 1.807) is 24.3 Å². The molecule has 1 N–H and O–H groups in total. The first-order valence-electron chi connectivity index (χ1n) is 7.06. The highest BCUT2D eigenvalue weighted by atomic mass is 35.5. The Labute approximate surface area is 142 Å². The normalized spacial score (nSPS) is 12.7. The summed E-state index contributed by atoms with van der Waals surface area (Å²) in [4.78, 5) is 12.1. The van der Waals surface area contributed by atoms with E-state index in [2.05, 4.69) is 5.32 Å². The maximum atomic E-state index is 13.0. The van der Waals surface area contributed by atoms with E-state index in [1.165, 1.54) is 19.2 Å². The van der Waals surface area contributed by atoms with Crippen molar-refractivity contribution in [2.45, 2.75) is 12.3 Å². The number of alkyl halides is 3. The van der Waals surface area contributed by atoms with Gasteiger partial charge in [0.05, 0.1) is 11.1 Å². The molecule has 2 aromatic rings. The van der Waals surface area contributed by atoms with Crippen LogP contribution in [0, 0.1) is 0 Å². The van der Waals surface area contributed by atoms with Crippen LogP contribution in [0.4, 0.5) is 13.2 Å². The molecule has 1 amide bonds. The number of hydrogen-bond donors (Lipinski definition) is 1. The molecule has 0 radical (unpaired) electrons. The lowest BCUT2D eigenvalue weighted by molar-refractivity contribution is -0.137. The van der Waals surface area contributed by atoms with Gasteiger partial charge in [0.1, 0.15) is 6.10 Å². The van der Waals surface area contributed by atoms with E-state index in [9.17, 15) is 18.0 Å². The van der Waals surface area contributed by atoms with Gasteiger partial charge in [-0.15, -0.1) is 0 Å². The van der Waals surface area contributed by atoms with Crippen LogP contribution < -0.4 is 5.32 Å². The Morgan fingerprint density at radius 1 is 1.17 bits per heavy atom. The minimum absolute atomic E-state index is 0.00867. The topological polar surface area (TPSA) is 38.3 Å². The van der Waals surface area contributed by atoms with Crippen LogP contribution in [0.3, 0.4) is 0 Å². The second-order valence-electron chi connectivity index (χ2n) is 5.00. The quantitative estimate of drug-likeness (QED) is 0.857. The molecule has 0 fully saturated rings. The number of halogens is 4. The lowest BCUT2D eigenvalue weighted by Gasteiger charge is -2.18. The summed E-state index contributed by atoms with van der Waals surface area (Å²) in [5, 5.41) is 2.92.